The minimum atomic E-state index is -0.423. The summed E-state index contributed by atoms with van der Waals surface area (Å²) in [6.45, 7) is 0. The largest absolute Gasteiger partial charge is 0.491 e. The molecule has 2 rings (SSSR count). The van der Waals surface area contributed by atoms with Gasteiger partial charge in [0.2, 0.25) is 0 Å². The van der Waals surface area contributed by atoms with Gasteiger partial charge < -0.3 is 9.72 Å². The molecule has 5 heteroatoms. The third-order valence-corrected chi connectivity index (χ3v) is 2.19. The molecular formula is C9H8ClFN2O. The van der Waals surface area contributed by atoms with Crippen LogP contribution in [0.3, 0.4) is 0 Å². The lowest BCUT2D eigenvalue weighted by molar-refractivity contribution is 0.391. The first-order valence-electron chi connectivity index (χ1n) is 4.03. The van der Waals surface area contributed by atoms with Crippen LogP contribution in [0.4, 0.5) is 4.39 Å². The molecule has 74 valence electrons. The number of aromatic nitrogens is 2. The van der Waals surface area contributed by atoms with Crippen LogP contribution in [0.15, 0.2) is 12.1 Å². The first-order chi connectivity index (χ1) is 6.76. The molecule has 0 aliphatic heterocycles. The molecule has 0 saturated carbocycles. The molecule has 0 aliphatic rings. The van der Waals surface area contributed by atoms with E-state index < -0.39 is 5.82 Å². The van der Waals surface area contributed by atoms with Crippen LogP contribution in [0.25, 0.3) is 11.0 Å². The van der Waals surface area contributed by atoms with Crippen LogP contribution >= 0.6 is 11.6 Å². The number of nitrogens with zero attached hydrogens (tertiary/aromatic N) is 1. The lowest BCUT2D eigenvalue weighted by Gasteiger charge is -2.00. The van der Waals surface area contributed by atoms with E-state index in [1.54, 1.807) is 6.07 Å². The Labute approximate surface area is 84.9 Å². The second kappa shape index (κ2) is 3.46. The zero-order valence-corrected chi connectivity index (χ0v) is 8.23. The summed E-state index contributed by atoms with van der Waals surface area (Å²) in [7, 11) is 1.41. The number of hydrogen-bond donors (Lipinski definition) is 1. The number of methoxy groups -OCH3 is 1. The first-order valence-corrected chi connectivity index (χ1v) is 4.56. The SMILES string of the molecule is COc1c(F)ccc2[nH]c(CCl)nc12. The van der Waals surface area contributed by atoms with Crippen molar-refractivity contribution in [2.75, 3.05) is 7.11 Å². The van der Waals surface area contributed by atoms with E-state index in [0.717, 1.165) is 5.52 Å². The van der Waals surface area contributed by atoms with E-state index in [0.29, 0.717) is 11.3 Å². The molecular weight excluding hydrogens is 207 g/mol. The summed E-state index contributed by atoms with van der Waals surface area (Å²) in [5.74, 6) is 0.590. The van der Waals surface area contributed by atoms with Crippen LogP contribution in [0.1, 0.15) is 5.82 Å². The molecule has 0 unspecified atom stereocenters. The number of H-pyrrole nitrogens is 1. The van der Waals surface area contributed by atoms with E-state index >= 15 is 0 Å². The van der Waals surface area contributed by atoms with Gasteiger partial charge in [0.25, 0.3) is 0 Å². The standard InChI is InChI=1S/C9H8ClFN2O/c1-14-9-5(11)2-3-6-8(9)13-7(4-10)12-6/h2-3H,4H2,1H3,(H,12,13). The van der Waals surface area contributed by atoms with E-state index in [9.17, 15) is 4.39 Å². The molecule has 1 heterocycles. The van der Waals surface area contributed by atoms with Gasteiger partial charge in [0.05, 0.1) is 18.5 Å². The van der Waals surface area contributed by atoms with Gasteiger partial charge in [-0.1, -0.05) is 0 Å². The molecule has 0 bridgehead atoms. The van der Waals surface area contributed by atoms with Crippen LogP contribution in [0.2, 0.25) is 0 Å². The van der Waals surface area contributed by atoms with E-state index in [-0.39, 0.29) is 11.6 Å². The maximum atomic E-state index is 13.2. The maximum absolute atomic E-state index is 13.2. The van der Waals surface area contributed by atoms with Crippen LogP contribution in [-0.4, -0.2) is 17.1 Å². The molecule has 0 atom stereocenters. The Bertz CT molecular complexity index is 469. The predicted molar refractivity (Wildman–Crippen MR) is 52.2 cm³/mol. The molecule has 0 fully saturated rings. The van der Waals surface area contributed by atoms with Gasteiger partial charge in [-0.3, -0.25) is 0 Å². The number of benzene rings is 1. The number of halogens is 2. The van der Waals surface area contributed by atoms with Crippen molar-refractivity contribution in [1.29, 1.82) is 0 Å². The lowest BCUT2D eigenvalue weighted by atomic mass is 10.3. The van der Waals surface area contributed by atoms with Gasteiger partial charge >= 0.3 is 0 Å². The fourth-order valence-corrected chi connectivity index (χ4v) is 1.46. The van der Waals surface area contributed by atoms with Gasteiger partial charge in [-0.25, -0.2) is 9.37 Å². The summed E-state index contributed by atoms with van der Waals surface area (Å²) in [5, 5.41) is 0. The first kappa shape index (κ1) is 9.27. The van der Waals surface area contributed by atoms with E-state index in [4.69, 9.17) is 16.3 Å². The molecule has 1 aromatic carbocycles. The van der Waals surface area contributed by atoms with Gasteiger partial charge in [-0.15, -0.1) is 11.6 Å². The van der Waals surface area contributed by atoms with Crippen LogP contribution in [-0.2, 0) is 5.88 Å². The van der Waals surface area contributed by atoms with Gasteiger partial charge in [0.15, 0.2) is 11.6 Å². The molecule has 3 nitrogen and oxygen atoms in total. The second-order valence-electron chi connectivity index (χ2n) is 2.79. The van der Waals surface area contributed by atoms with Crippen LogP contribution in [0, 0.1) is 5.82 Å². The molecule has 0 spiro atoms. The van der Waals surface area contributed by atoms with Gasteiger partial charge in [0.1, 0.15) is 11.3 Å². The summed E-state index contributed by atoms with van der Waals surface area (Å²) in [4.78, 5) is 7.07. The van der Waals surface area contributed by atoms with Crippen molar-refractivity contribution < 1.29 is 9.13 Å². The third kappa shape index (κ3) is 1.32. The predicted octanol–water partition coefficient (Wildman–Crippen LogP) is 2.45. The number of aromatic amines is 1. The Balaban J connectivity index is 2.73. The fourth-order valence-electron chi connectivity index (χ4n) is 1.33. The van der Waals surface area contributed by atoms with Crippen molar-refractivity contribution >= 4 is 22.6 Å². The monoisotopic (exact) mass is 214 g/mol. The van der Waals surface area contributed by atoms with E-state index in [1.165, 1.54) is 13.2 Å². The Hall–Kier alpha value is -1.29. The van der Waals surface area contributed by atoms with Crippen molar-refractivity contribution in [3.05, 3.63) is 23.8 Å². The molecule has 0 radical (unpaired) electrons. The highest BCUT2D eigenvalue weighted by atomic mass is 35.5. The van der Waals surface area contributed by atoms with Gasteiger partial charge in [-0.2, -0.15) is 0 Å². The zero-order chi connectivity index (χ0) is 10.1. The highest BCUT2D eigenvalue weighted by Gasteiger charge is 2.11. The number of imidazole rings is 1. The van der Waals surface area contributed by atoms with Crippen molar-refractivity contribution in [3.63, 3.8) is 0 Å². The van der Waals surface area contributed by atoms with Crippen molar-refractivity contribution in [2.24, 2.45) is 0 Å². The molecule has 0 amide bonds. The van der Waals surface area contributed by atoms with Gasteiger partial charge in [0, 0.05) is 0 Å². The molecule has 1 aromatic heterocycles. The fraction of sp³-hybridized carbons (Fsp3) is 0.222. The highest BCUT2D eigenvalue weighted by molar-refractivity contribution is 6.16. The van der Waals surface area contributed by atoms with Crippen molar-refractivity contribution in [3.8, 4) is 5.75 Å². The zero-order valence-electron chi connectivity index (χ0n) is 7.47. The number of fused-ring (bicyclic) bond motifs is 1. The number of hydrogen-bond acceptors (Lipinski definition) is 2. The lowest BCUT2D eigenvalue weighted by Crippen LogP contribution is -1.89. The van der Waals surface area contributed by atoms with E-state index in [2.05, 4.69) is 9.97 Å². The molecule has 0 saturated heterocycles. The van der Waals surface area contributed by atoms with Crippen LogP contribution < -0.4 is 4.74 Å². The summed E-state index contributed by atoms with van der Waals surface area (Å²) >= 11 is 5.61. The molecule has 0 aliphatic carbocycles. The molecule has 2 aromatic rings. The Morgan fingerprint density at radius 2 is 2.36 bits per heavy atom. The van der Waals surface area contributed by atoms with Crippen molar-refractivity contribution in [2.45, 2.75) is 5.88 Å². The third-order valence-electron chi connectivity index (χ3n) is 1.94. The molecule has 1 N–H and O–H groups in total. The highest BCUT2D eigenvalue weighted by Crippen LogP contribution is 2.26. The number of alkyl halides is 1. The molecule has 14 heavy (non-hydrogen) atoms. The average Bonchev–Trinajstić information content (AvgIpc) is 2.60. The Morgan fingerprint density at radius 3 is 3.00 bits per heavy atom. The van der Waals surface area contributed by atoms with Crippen LogP contribution in [0.5, 0.6) is 5.75 Å². The topological polar surface area (TPSA) is 37.9 Å². The minimum Gasteiger partial charge on any atom is -0.491 e. The average molecular weight is 215 g/mol. The Kier molecular flexibility index (Phi) is 2.29. The van der Waals surface area contributed by atoms with E-state index in [1.807, 2.05) is 0 Å². The summed E-state index contributed by atoms with van der Waals surface area (Å²) in [6, 6.07) is 2.94. The second-order valence-corrected chi connectivity index (χ2v) is 3.06. The number of ether oxygens (including phenoxy) is 1. The summed E-state index contributed by atoms with van der Waals surface area (Å²) < 4.78 is 18.1. The Morgan fingerprint density at radius 1 is 1.57 bits per heavy atom. The maximum Gasteiger partial charge on any atom is 0.182 e. The smallest absolute Gasteiger partial charge is 0.182 e. The quantitative estimate of drug-likeness (QED) is 0.780. The summed E-state index contributed by atoms with van der Waals surface area (Å²) in [6.07, 6.45) is 0. The number of rotatable bonds is 2. The van der Waals surface area contributed by atoms with Crippen molar-refractivity contribution in [1.82, 2.24) is 9.97 Å². The number of nitrogens with one attached hydrogen (secondary N) is 1. The minimum absolute atomic E-state index is 0.148. The van der Waals surface area contributed by atoms with Gasteiger partial charge in [-0.05, 0) is 12.1 Å². The normalized spacial score (nSPS) is 10.8. The summed E-state index contributed by atoms with van der Waals surface area (Å²) in [5.41, 5.74) is 1.20.